The summed E-state index contributed by atoms with van der Waals surface area (Å²) in [7, 11) is 1.79. The molecule has 1 rings (SSSR count). The van der Waals surface area contributed by atoms with E-state index in [1.165, 1.54) is 51.4 Å². The van der Waals surface area contributed by atoms with Gasteiger partial charge in [0.05, 0.1) is 0 Å². The Balaban J connectivity index is 1.70. The van der Waals surface area contributed by atoms with Gasteiger partial charge < -0.3 is 4.74 Å². The SMILES string of the molecule is COCCCCCCC1CCC1. The van der Waals surface area contributed by atoms with Crippen LogP contribution in [-0.2, 0) is 4.74 Å². The van der Waals surface area contributed by atoms with E-state index < -0.39 is 0 Å². The lowest BCUT2D eigenvalue weighted by molar-refractivity contribution is 0.191. The van der Waals surface area contributed by atoms with Crippen LogP contribution in [0, 0.1) is 5.92 Å². The second-order valence-electron chi connectivity index (χ2n) is 3.99. The minimum atomic E-state index is 0.948. The van der Waals surface area contributed by atoms with E-state index >= 15 is 0 Å². The Labute approximate surface area is 76.5 Å². The highest BCUT2D eigenvalue weighted by molar-refractivity contribution is 4.68. The molecular formula is C11H22O. The van der Waals surface area contributed by atoms with Crippen LogP contribution in [0.25, 0.3) is 0 Å². The van der Waals surface area contributed by atoms with Gasteiger partial charge in [-0.3, -0.25) is 0 Å². The van der Waals surface area contributed by atoms with Crippen LogP contribution in [0.1, 0.15) is 51.4 Å². The first-order valence-electron chi connectivity index (χ1n) is 5.42. The molecule has 0 radical (unpaired) electrons. The highest BCUT2D eigenvalue weighted by Crippen LogP contribution is 2.30. The second kappa shape index (κ2) is 6.47. The highest BCUT2D eigenvalue weighted by Gasteiger charge is 2.15. The van der Waals surface area contributed by atoms with Crippen LogP contribution in [0.15, 0.2) is 0 Å². The van der Waals surface area contributed by atoms with Gasteiger partial charge in [0.15, 0.2) is 0 Å². The van der Waals surface area contributed by atoms with Crippen molar-refractivity contribution in [1.29, 1.82) is 0 Å². The molecule has 0 spiro atoms. The summed E-state index contributed by atoms with van der Waals surface area (Å²) >= 11 is 0. The Bertz CT molecular complexity index is 97.2. The quantitative estimate of drug-likeness (QED) is 0.532. The van der Waals surface area contributed by atoms with Crippen LogP contribution in [-0.4, -0.2) is 13.7 Å². The third kappa shape index (κ3) is 4.10. The number of hydrogen-bond acceptors (Lipinski definition) is 1. The molecule has 0 aliphatic heterocycles. The fraction of sp³-hybridized carbons (Fsp3) is 1.00. The van der Waals surface area contributed by atoms with Gasteiger partial charge in [0.2, 0.25) is 0 Å². The first kappa shape index (κ1) is 10.0. The molecule has 0 bridgehead atoms. The van der Waals surface area contributed by atoms with E-state index in [1.807, 2.05) is 0 Å². The molecule has 0 atom stereocenters. The molecule has 0 unspecified atom stereocenters. The lowest BCUT2D eigenvalue weighted by Crippen LogP contribution is -2.10. The standard InChI is InChI=1S/C11H22O/c1-12-10-5-3-2-4-7-11-8-6-9-11/h11H,2-10H2,1H3. The predicted molar refractivity (Wildman–Crippen MR) is 52.3 cm³/mol. The zero-order valence-electron chi connectivity index (χ0n) is 8.35. The van der Waals surface area contributed by atoms with Crippen LogP contribution >= 0.6 is 0 Å². The van der Waals surface area contributed by atoms with Crippen molar-refractivity contribution in [2.75, 3.05) is 13.7 Å². The summed E-state index contributed by atoms with van der Waals surface area (Å²) in [6, 6.07) is 0. The van der Waals surface area contributed by atoms with Crippen LogP contribution in [0.2, 0.25) is 0 Å². The maximum Gasteiger partial charge on any atom is 0.0462 e. The normalized spacial score (nSPS) is 17.8. The molecule has 0 N–H and O–H groups in total. The largest absolute Gasteiger partial charge is 0.385 e. The molecule has 0 aromatic carbocycles. The molecule has 1 fully saturated rings. The van der Waals surface area contributed by atoms with Crippen molar-refractivity contribution < 1.29 is 4.74 Å². The Morgan fingerprint density at radius 1 is 1.08 bits per heavy atom. The Hall–Kier alpha value is -0.0400. The molecule has 1 aliphatic carbocycles. The van der Waals surface area contributed by atoms with Gasteiger partial charge in [0.25, 0.3) is 0 Å². The molecule has 1 saturated carbocycles. The molecule has 0 heterocycles. The van der Waals surface area contributed by atoms with Crippen LogP contribution in [0.5, 0.6) is 0 Å². The Kier molecular flexibility index (Phi) is 5.42. The van der Waals surface area contributed by atoms with E-state index in [4.69, 9.17) is 4.74 Å². The van der Waals surface area contributed by atoms with Gasteiger partial charge in [-0.05, 0) is 12.3 Å². The lowest BCUT2D eigenvalue weighted by Gasteiger charge is -2.24. The third-order valence-corrected chi connectivity index (χ3v) is 2.94. The lowest BCUT2D eigenvalue weighted by atomic mass is 9.82. The molecule has 1 nitrogen and oxygen atoms in total. The molecule has 12 heavy (non-hydrogen) atoms. The van der Waals surface area contributed by atoms with Crippen molar-refractivity contribution in [3.63, 3.8) is 0 Å². The van der Waals surface area contributed by atoms with Gasteiger partial charge in [-0.2, -0.15) is 0 Å². The summed E-state index contributed by atoms with van der Waals surface area (Å²) in [5.41, 5.74) is 0. The minimum absolute atomic E-state index is 0.948. The third-order valence-electron chi connectivity index (χ3n) is 2.94. The van der Waals surface area contributed by atoms with Crippen molar-refractivity contribution in [2.45, 2.75) is 51.4 Å². The Morgan fingerprint density at radius 3 is 2.42 bits per heavy atom. The first-order chi connectivity index (χ1) is 5.93. The number of unbranched alkanes of at least 4 members (excludes halogenated alkanes) is 3. The highest BCUT2D eigenvalue weighted by atomic mass is 16.5. The average Bonchev–Trinajstić information content (AvgIpc) is 2.00. The van der Waals surface area contributed by atoms with Gasteiger partial charge in [-0.1, -0.05) is 44.9 Å². The van der Waals surface area contributed by atoms with Crippen molar-refractivity contribution in [1.82, 2.24) is 0 Å². The number of ether oxygens (including phenoxy) is 1. The van der Waals surface area contributed by atoms with Gasteiger partial charge in [-0.25, -0.2) is 0 Å². The smallest absolute Gasteiger partial charge is 0.0462 e. The zero-order chi connectivity index (χ0) is 8.65. The predicted octanol–water partition coefficient (Wildman–Crippen LogP) is 3.38. The molecule has 0 saturated heterocycles. The summed E-state index contributed by atoms with van der Waals surface area (Å²) in [5.74, 6) is 1.10. The topological polar surface area (TPSA) is 9.23 Å². The maximum absolute atomic E-state index is 5.00. The fourth-order valence-corrected chi connectivity index (χ4v) is 1.81. The van der Waals surface area contributed by atoms with Gasteiger partial charge in [-0.15, -0.1) is 0 Å². The van der Waals surface area contributed by atoms with E-state index in [0.717, 1.165) is 12.5 Å². The average molecular weight is 170 g/mol. The molecule has 0 aromatic rings. The molecule has 1 aliphatic rings. The molecule has 0 amide bonds. The van der Waals surface area contributed by atoms with Gasteiger partial charge in [0.1, 0.15) is 0 Å². The van der Waals surface area contributed by atoms with Crippen LogP contribution < -0.4 is 0 Å². The van der Waals surface area contributed by atoms with Crippen molar-refractivity contribution >= 4 is 0 Å². The molecule has 72 valence electrons. The maximum atomic E-state index is 5.00. The molecule has 1 heteroatoms. The number of methoxy groups -OCH3 is 1. The van der Waals surface area contributed by atoms with E-state index in [1.54, 1.807) is 7.11 Å². The summed E-state index contributed by atoms with van der Waals surface area (Å²) in [5, 5.41) is 0. The van der Waals surface area contributed by atoms with Gasteiger partial charge in [0, 0.05) is 13.7 Å². The van der Waals surface area contributed by atoms with Crippen molar-refractivity contribution in [3.8, 4) is 0 Å². The van der Waals surface area contributed by atoms with E-state index in [-0.39, 0.29) is 0 Å². The Morgan fingerprint density at radius 2 is 1.83 bits per heavy atom. The first-order valence-corrected chi connectivity index (χ1v) is 5.42. The zero-order valence-corrected chi connectivity index (χ0v) is 8.35. The summed E-state index contributed by atoms with van der Waals surface area (Å²) in [6.07, 6.45) is 11.5. The molecule has 0 aromatic heterocycles. The van der Waals surface area contributed by atoms with Gasteiger partial charge >= 0.3 is 0 Å². The van der Waals surface area contributed by atoms with E-state index in [9.17, 15) is 0 Å². The van der Waals surface area contributed by atoms with Crippen molar-refractivity contribution in [3.05, 3.63) is 0 Å². The second-order valence-corrected chi connectivity index (χ2v) is 3.99. The number of hydrogen-bond donors (Lipinski definition) is 0. The summed E-state index contributed by atoms with van der Waals surface area (Å²) in [4.78, 5) is 0. The summed E-state index contributed by atoms with van der Waals surface area (Å²) < 4.78 is 5.00. The van der Waals surface area contributed by atoms with E-state index in [2.05, 4.69) is 0 Å². The van der Waals surface area contributed by atoms with E-state index in [0.29, 0.717) is 0 Å². The monoisotopic (exact) mass is 170 g/mol. The summed E-state index contributed by atoms with van der Waals surface area (Å²) in [6.45, 7) is 0.948. The van der Waals surface area contributed by atoms with Crippen LogP contribution in [0.4, 0.5) is 0 Å². The van der Waals surface area contributed by atoms with Crippen molar-refractivity contribution in [2.24, 2.45) is 5.92 Å². The molecular weight excluding hydrogens is 148 g/mol. The minimum Gasteiger partial charge on any atom is -0.385 e. The fourth-order valence-electron chi connectivity index (χ4n) is 1.81. The van der Waals surface area contributed by atoms with Crippen LogP contribution in [0.3, 0.4) is 0 Å². The number of rotatable bonds is 7.